The highest BCUT2D eigenvalue weighted by Crippen LogP contribution is 2.34. The largest absolute Gasteiger partial charge is 0.368 e. The van der Waals surface area contributed by atoms with Gasteiger partial charge in [-0.2, -0.15) is 5.26 Å². The Bertz CT molecular complexity index is 806. The van der Waals surface area contributed by atoms with E-state index < -0.39 is 6.17 Å². The molecule has 0 aromatic heterocycles. The molecule has 0 bridgehead atoms. The summed E-state index contributed by atoms with van der Waals surface area (Å²) >= 11 is 0. The minimum Gasteiger partial charge on any atom is -0.368 e. The number of nitrogens with zero attached hydrogens (tertiary/aromatic N) is 3. The number of likely N-dealkylation sites (tertiary alicyclic amines) is 1. The van der Waals surface area contributed by atoms with Gasteiger partial charge < -0.3 is 4.90 Å². The molecule has 3 nitrogen and oxygen atoms in total. The van der Waals surface area contributed by atoms with Crippen LogP contribution in [0.15, 0.2) is 48.5 Å². The average molecular weight is 363 g/mol. The Labute approximate surface area is 161 Å². The molecule has 0 aliphatic carbocycles. The van der Waals surface area contributed by atoms with Crippen LogP contribution in [0.4, 0.5) is 10.1 Å². The van der Waals surface area contributed by atoms with E-state index in [2.05, 4.69) is 34.1 Å². The number of fused-ring (bicyclic) bond motifs is 1. The number of benzene rings is 2. The van der Waals surface area contributed by atoms with Crippen molar-refractivity contribution in [2.24, 2.45) is 0 Å². The lowest BCUT2D eigenvalue weighted by Gasteiger charge is -2.38. The maximum absolute atomic E-state index is 14.6. The first-order chi connectivity index (χ1) is 13.2. The van der Waals surface area contributed by atoms with Gasteiger partial charge in [-0.25, -0.2) is 4.39 Å². The van der Waals surface area contributed by atoms with Crippen molar-refractivity contribution in [3.63, 3.8) is 0 Å². The maximum Gasteiger partial charge on any atom is 0.138 e. The van der Waals surface area contributed by atoms with Crippen LogP contribution in [0, 0.1) is 11.3 Å². The van der Waals surface area contributed by atoms with E-state index in [9.17, 15) is 4.39 Å². The molecule has 4 rings (SSSR count). The van der Waals surface area contributed by atoms with Crippen LogP contribution in [0.2, 0.25) is 0 Å². The Hall–Kier alpha value is -2.38. The Morgan fingerprint density at radius 2 is 1.85 bits per heavy atom. The lowest BCUT2D eigenvalue weighted by molar-refractivity contribution is 0.157. The highest BCUT2D eigenvalue weighted by molar-refractivity contribution is 5.60. The summed E-state index contributed by atoms with van der Waals surface area (Å²) in [6, 6.07) is 18.7. The van der Waals surface area contributed by atoms with Gasteiger partial charge in [0, 0.05) is 37.9 Å². The summed E-state index contributed by atoms with van der Waals surface area (Å²) in [5.74, 6) is 0. The quantitative estimate of drug-likeness (QED) is 0.794. The second kappa shape index (κ2) is 8.10. The first-order valence-electron chi connectivity index (χ1n) is 9.91. The molecule has 2 aromatic rings. The van der Waals surface area contributed by atoms with Gasteiger partial charge in [0.25, 0.3) is 0 Å². The van der Waals surface area contributed by atoms with Crippen molar-refractivity contribution < 1.29 is 4.39 Å². The number of halogens is 1. The standard InChI is InChI=1S/C23H26FN3/c24-22(19-4-2-1-3-5-19)17-26-13-10-21(11-14-26)27-15-9-20-7-6-18(8-12-25)16-23(20)27/h1-7,16,21-22H,8-11,13-15,17H2. The summed E-state index contributed by atoms with van der Waals surface area (Å²) in [7, 11) is 0. The van der Waals surface area contributed by atoms with Crippen LogP contribution in [0.1, 0.15) is 35.7 Å². The van der Waals surface area contributed by atoms with Crippen molar-refractivity contribution in [3.8, 4) is 6.07 Å². The minimum absolute atomic E-state index is 0.469. The molecule has 2 aliphatic heterocycles. The summed E-state index contributed by atoms with van der Waals surface area (Å²) in [5, 5.41) is 8.97. The molecule has 0 saturated carbocycles. The highest BCUT2D eigenvalue weighted by Gasteiger charge is 2.30. The van der Waals surface area contributed by atoms with Crippen molar-refractivity contribution in [1.29, 1.82) is 5.26 Å². The molecular weight excluding hydrogens is 337 g/mol. The number of hydrogen-bond donors (Lipinski definition) is 0. The summed E-state index contributed by atoms with van der Waals surface area (Å²) in [5.41, 5.74) is 4.59. The van der Waals surface area contributed by atoms with Gasteiger partial charge in [-0.1, -0.05) is 42.5 Å². The summed E-state index contributed by atoms with van der Waals surface area (Å²) < 4.78 is 14.6. The lowest BCUT2D eigenvalue weighted by Crippen LogP contribution is -2.45. The molecule has 0 N–H and O–H groups in total. The van der Waals surface area contributed by atoms with Gasteiger partial charge in [-0.05, 0) is 42.0 Å². The first-order valence-corrected chi connectivity index (χ1v) is 9.91. The Kier molecular flexibility index (Phi) is 5.40. The van der Waals surface area contributed by atoms with Gasteiger partial charge in [0.05, 0.1) is 12.5 Å². The summed E-state index contributed by atoms with van der Waals surface area (Å²) in [6.07, 6.45) is 2.79. The van der Waals surface area contributed by atoms with E-state index >= 15 is 0 Å². The van der Waals surface area contributed by atoms with Gasteiger partial charge >= 0.3 is 0 Å². The monoisotopic (exact) mass is 363 g/mol. The molecule has 0 amide bonds. The van der Waals surface area contributed by atoms with E-state index in [4.69, 9.17) is 5.26 Å². The zero-order valence-corrected chi connectivity index (χ0v) is 15.6. The Morgan fingerprint density at radius 3 is 2.59 bits per heavy atom. The Balaban J connectivity index is 1.35. The van der Waals surface area contributed by atoms with Gasteiger partial charge in [0.2, 0.25) is 0 Å². The van der Waals surface area contributed by atoms with Gasteiger partial charge in [-0.15, -0.1) is 0 Å². The van der Waals surface area contributed by atoms with Gasteiger partial charge in [0.15, 0.2) is 0 Å². The summed E-state index contributed by atoms with van der Waals surface area (Å²) in [6.45, 7) is 3.44. The first kappa shape index (κ1) is 18.0. The van der Waals surface area contributed by atoms with Crippen LogP contribution in [0.3, 0.4) is 0 Å². The van der Waals surface area contributed by atoms with Crippen molar-refractivity contribution in [1.82, 2.24) is 4.90 Å². The number of piperidine rings is 1. The predicted octanol–water partition coefficient (Wildman–Crippen LogP) is 4.29. The summed E-state index contributed by atoms with van der Waals surface area (Å²) in [4.78, 5) is 4.79. The maximum atomic E-state index is 14.6. The normalized spacial score (nSPS) is 18.9. The van der Waals surface area contributed by atoms with E-state index in [1.54, 1.807) is 0 Å². The topological polar surface area (TPSA) is 30.3 Å². The van der Waals surface area contributed by atoms with Crippen LogP contribution in [-0.4, -0.2) is 37.1 Å². The number of hydrogen-bond acceptors (Lipinski definition) is 3. The van der Waals surface area contributed by atoms with Crippen LogP contribution < -0.4 is 4.90 Å². The molecule has 2 aromatic carbocycles. The van der Waals surface area contributed by atoms with E-state index in [0.29, 0.717) is 19.0 Å². The molecule has 1 unspecified atom stereocenters. The number of anilines is 1. The van der Waals surface area contributed by atoms with Crippen molar-refractivity contribution >= 4 is 5.69 Å². The van der Waals surface area contributed by atoms with Gasteiger partial charge in [0.1, 0.15) is 6.17 Å². The van der Waals surface area contributed by atoms with Crippen LogP contribution in [0.5, 0.6) is 0 Å². The number of nitriles is 1. The molecule has 1 fully saturated rings. The third kappa shape index (κ3) is 3.99. The number of rotatable bonds is 5. The smallest absolute Gasteiger partial charge is 0.138 e. The number of alkyl halides is 1. The molecule has 2 heterocycles. The molecule has 1 saturated heterocycles. The fourth-order valence-electron chi connectivity index (χ4n) is 4.44. The van der Waals surface area contributed by atoms with E-state index in [1.807, 2.05) is 30.3 Å². The van der Waals surface area contributed by atoms with E-state index in [-0.39, 0.29) is 0 Å². The third-order valence-corrected chi connectivity index (χ3v) is 5.94. The fraction of sp³-hybridized carbons (Fsp3) is 0.435. The molecule has 0 radical (unpaired) electrons. The highest BCUT2D eigenvalue weighted by atomic mass is 19.1. The molecule has 0 spiro atoms. The van der Waals surface area contributed by atoms with Crippen molar-refractivity contribution in [2.75, 3.05) is 31.1 Å². The molecule has 140 valence electrons. The van der Waals surface area contributed by atoms with Crippen LogP contribution in [0.25, 0.3) is 0 Å². The van der Waals surface area contributed by atoms with Crippen molar-refractivity contribution in [2.45, 2.75) is 37.9 Å². The average Bonchev–Trinajstić information content (AvgIpc) is 3.13. The minimum atomic E-state index is -0.913. The third-order valence-electron chi connectivity index (χ3n) is 5.94. The van der Waals surface area contributed by atoms with E-state index in [1.165, 1.54) is 11.3 Å². The van der Waals surface area contributed by atoms with Crippen LogP contribution >= 0.6 is 0 Å². The van der Waals surface area contributed by atoms with Gasteiger partial charge in [-0.3, -0.25) is 4.90 Å². The lowest BCUT2D eigenvalue weighted by atomic mass is 10.0. The Morgan fingerprint density at radius 1 is 1.07 bits per heavy atom. The van der Waals surface area contributed by atoms with Crippen molar-refractivity contribution in [3.05, 3.63) is 65.2 Å². The van der Waals surface area contributed by atoms with Crippen LogP contribution in [-0.2, 0) is 12.8 Å². The fourth-order valence-corrected chi connectivity index (χ4v) is 4.44. The van der Waals surface area contributed by atoms with E-state index in [0.717, 1.165) is 50.0 Å². The SMILES string of the molecule is N#CCc1ccc2c(c1)N(C1CCN(CC(F)c3ccccc3)CC1)CC2. The zero-order chi connectivity index (χ0) is 18.6. The molecule has 2 aliphatic rings. The predicted molar refractivity (Wildman–Crippen MR) is 107 cm³/mol. The molecule has 1 atom stereocenters. The second-order valence-electron chi connectivity index (χ2n) is 7.65. The molecular formula is C23H26FN3. The molecule has 27 heavy (non-hydrogen) atoms. The second-order valence-corrected chi connectivity index (χ2v) is 7.65. The molecule has 4 heteroatoms. The zero-order valence-electron chi connectivity index (χ0n) is 15.6.